The molecule has 3 aromatic rings. The van der Waals surface area contributed by atoms with Gasteiger partial charge in [0.05, 0.1) is 17.2 Å². The minimum atomic E-state index is -2.30. The molecule has 0 aliphatic heterocycles. The molecule has 0 bridgehead atoms. The summed E-state index contributed by atoms with van der Waals surface area (Å²) in [6.45, 7) is 0. The molecular formula is C28H28N4P+. The van der Waals surface area contributed by atoms with E-state index in [-0.39, 0.29) is 5.57 Å². The zero-order chi connectivity index (χ0) is 23.8. The Balaban J connectivity index is 2.53. The van der Waals surface area contributed by atoms with Gasteiger partial charge in [0, 0.05) is 28.2 Å². The largest absolute Gasteiger partial charge is 0.374 e. The molecule has 0 N–H and O–H groups in total. The fraction of sp³-hybridized carbons (Fsp3) is 0.143. The van der Waals surface area contributed by atoms with E-state index in [0.717, 1.165) is 5.70 Å². The molecule has 0 atom stereocenters. The number of hydrogen-bond acceptors (Lipinski definition) is 4. The van der Waals surface area contributed by atoms with Crippen LogP contribution in [0.15, 0.2) is 114 Å². The molecule has 0 aliphatic rings. The van der Waals surface area contributed by atoms with Crippen molar-refractivity contribution < 1.29 is 0 Å². The van der Waals surface area contributed by atoms with E-state index in [2.05, 4.69) is 90.8 Å². The Hall–Kier alpha value is -3.85. The Morgan fingerprint density at radius 3 is 1.27 bits per heavy atom. The second-order valence-electron chi connectivity index (χ2n) is 7.98. The Kier molecular flexibility index (Phi) is 7.68. The first kappa shape index (κ1) is 23.8. The molecule has 0 heterocycles. The normalized spacial score (nSPS) is 11.2. The lowest BCUT2D eigenvalue weighted by molar-refractivity contribution is 0.443. The van der Waals surface area contributed by atoms with Crippen LogP contribution in [0.4, 0.5) is 0 Å². The predicted octanol–water partition coefficient (Wildman–Crippen LogP) is 4.25. The van der Waals surface area contributed by atoms with Crippen LogP contribution in [0.25, 0.3) is 0 Å². The quantitative estimate of drug-likeness (QED) is 0.306. The van der Waals surface area contributed by atoms with Gasteiger partial charge in [-0.1, -0.05) is 54.6 Å². The monoisotopic (exact) mass is 451 g/mol. The fourth-order valence-corrected chi connectivity index (χ4v) is 7.93. The number of nitriles is 2. The first-order valence-electron chi connectivity index (χ1n) is 10.6. The van der Waals surface area contributed by atoms with Crippen LogP contribution in [-0.2, 0) is 0 Å². The van der Waals surface area contributed by atoms with E-state index in [1.807, 2.05) is 56.2 Å². The summed E-state index contributed by atoms with van der Waals surface area (Å²) in [7, 11) is 5.35. The van der Waals surface area contributed by atoms with Crippen LogP contribution >= 0.6 is 7.26 Å². The van der Waals surface area contributed by atoms with Crippen LogP contribution in [0, 0.1) is 22.7 Å². The molecule has 0 aromatic heterocycles. The lowest BCUT2D eigenvalue weighted by atomic mass is 10.2. The highest BCUT2D eigenvalue weighted by molar-refractivity contribution is 7.98. The third kappa shape index (κ3) is 4.83. The summed E-state index contributed by atoms with van der Waals surface area (Å²) in [4.78, 5) is 3.84. The Bertz CT molecular complexity index is 1100. The molecule has 0 aliphatic carbocycles. The minimum absolute atomic E-state index is 0.0900. The summed E-state index contributed by atoms with van der Waals surface area (Å²) < 4.78 is 0. The van der Waals surface area contributed by atoms with Gasteiger partial charge in [0.15, 0.2) is 5.57 Å². The van der Waals surface area contributed by atoms with Crippen LogP contribution in [0.2, 0.25) is 0 Å². The summed E-state index contributed by atoms with van der Waals surface area (Å²) in [5.41, 5.74) is 1.53. The Labute approximate surface area is 197 Å². The van der Waals surface area contributed by atoms with Gasteiger partial charge in [-0.15, -0.1) is 0 Å². The highest BCUT2D eigenvalue weighted by atomic mass is 31.2. The van der Waals surface area contributed by atoms with Gasteiger partial charge in [-0.05, 0) is 36.4 Å². The lowest BCUT2D eigenvalue weighted by Crippen LogP contribution is -2.32. The zero-order valence-electron chi connectivity index (χ0n) is 19.5. The van der Waals surface area contributed by atoms with Gasteiger partial charge in [-0.25, -0.2) is 0 Å². The summed E-state index contributed by atoms with van der Waals surface area (Å²) >= 11 is 0. The van der Waals surface area contributed by atoms with Crippen LogP contribution in [0.5, 0.6) is 0 Å². The second-order valence-corrected chi connectivity index (χ2v) is 11.2. The summed E-state index contributed by atoms with van der Waals surface area (Å²) in [6, 6.07) is 35.7. The molecule has 0 amide bonds. The number of nitrogens with zero attached hydrogens (tertiary/aromatic N) is 4. The van der Waals surface area contributed by atoms with Gasteiger partial charge in [0.1, 0.15) is 35.3 Å². The Morgan fingerprint density at radius 2 is 1.00 bits per heavy atom. The van der Waals surface area contributed by atoms with Gasteiger partial charge >= 0.3 is 0 Å². The number of hydrogen-bond donors (Lipinski definition) is 0. The average Bonchev–Trinajstić information content (AvgIpc) is 2.85. The number of likely N-dealkylation sites (N-methyl/N-ethyl adjacent to an activating group) is 2. The molecule has 5 heteroatoms. The predicted molar refractivity (Wildman–Crippen MR) is 139 cm³/mol. The summed E-state index contributed by atoms with van der Waals surface area (Å²) in [6.07, 6.45) is 0. The maximum atomic E-state index is 9.73. The van der Waals surface area contributed by atoms with Gasteiger partial charge in [-0.3, -0.25) is 0 Å². The van der Waals surface area contributed by atoms with Crippen LogP contribution in [-0.4, -0.2) is 38.0 Å². The zero-order valence-corrected chi connectivity index (χ0v) is 20.4. The van der Waals surface area contributed by atoms with Crippen molar-refractivity contribution in [2.75, 3.05) is 28.2 Å². The van der Waals surface area contributed by atoms with Gasteiger partial charge in [0.2, 0.25) is 0 Å². The van der Waals surface area contributed by atoms with Crippen molar-refractivity contribution in [2.24, 2.45) is 0 Å². The van der Waals surface area contributed by atoms with Crippen molar-refractivity contribution in [3.05, 3.63) is 114 Å². The maximum Gasteiger partial charge on any atom is 0.155 e. The van der Waals surface area contributed by atoms with Crippen molar-refractivity contribution in [3.8, 4) is 12.1 Å². The van der Waals surface area contributed by atoms with Crippen molar-refractivity contribution in [3.63, 3.8) is 0 Å². The van der Waals surface area contributed by atoms with Crippen LogP contribution in [0.1, 0.15) is 0 Å². The molecule has 164 valence electrons. The minimum Gasteiger partial charge on any atom is -0.374 e. The second kappa shape index (κ2) is 10.6. The first-order valence-corrected chi connectivity index (χ1v) is 12.5. The van der Waals surface area contributed by atoms with E-state index < -0.39 is 7.26 Å². The highest BCUT2D eigenvalue weighted by Crippen LogP contribution is 2.58. The Morgan fingerprint density at radius 1 is 0.636 bits per heavy atom. The number of benzene rings is 3. The molecule has 0 unspecified atom stereocenters. The molecule has 3 rings (SSSR count). The average molecular weight is 452 g/mol. The first-order chi connectivity index (χ1) is 16.0. The van der Waals surface area contributed by atoms with E-state index >= 15 is 0 Å². The number of rotatable bonds is 7. The van der Waals surface area contributed by atoms with E-state index in [0.29, 0.717) is 5.70 Å². The van der Waals surface area contributed by atoms with Crippen molar-refractivity contribution in [1.29, 1.82) is 10.5 Å². The highest BCUT2D eigenvalue weighted by Gasteiger charge is 2.45. The van der Waals surface area contributed by atoms with Gasteiger partial charge in [0.25, 0.3) is 0 Å². The van der Waals surface area contributed by atoms with Crippen LogP contribution in [0.3, 0.4) is 0 Å². The van der Waals surface area contributed by atoms with Crippen LogP contribution < -0.4 is 15.9 Å². The molecule has 0 radical (unpaired) electrons. The van der Waals surface area contributed by atoms with E-state index in [1.165, 1.54) is 15.9 Å². The standard InChI is InChI=1S/C28H28N4P/c1-31(2)27(28(32(3)4)23(20-29)21-30)22-33(24-14-8-5-9-15-24,25-16-10-6-11-17-25)26-18-12-7-13-19-26/h5-19,22H,1-4H3/q+1/b27-22-. The van der Waals surface area contributed by atoms with Crippen molar-refractivity contribution in [2.45, 2.75) is 0 Å². The van der Waals surface area contributed by atoms with E-state index in [9.17, 15) is 10.5 Å². The molecule has 0 saturated heterocycles. The molecule has 0 fully saturated rings. The molecule has 0 saturated carbocycles. The lowest BCUT2D eigenvalue weighted by Gasteiger charge is -2.30. The van der Waals surface area contributed by atoms with Crippen molar-refractivity contribution >= 4 is 23.2 Å². The third-order valence-electron chi connectivity index (χ3n) is 5.44. The van der Waals surface area contributed by atoms with Gasteiger partial charge in [-0.2, -0.15) is 10.5 Å². The third-order valence-corrected chi connectivity index (χ3v) is 9.41. The summed E-state index contributed by atoms with van der Waals surface area (Å²) in [5.74, 6) is 2.29. The SMILES string of the molecule is CN(C)C(=C(C#N)C#N)/C(=C/[P+](c1ccccc1)(c1ccccc1)c1ccccc1)N(C)C. The molecular weight excluding hydrogens is 423 g/mol. The number of allylic oxidation sites excluding steroid dienone is 1. The molecule has 4 nitrogen and oxygen atoms in total. The summed E-state index contributed by atoms with van der Waals surface area (Å²) in [5, 5.41) is 23.1. The maximum absolute atomic E-state index is 9.73. The topological polar surface area (TPSA) is 54.1 Å². The van der Waals surface area contributed by atoms with Gasteiger partial charge < -0.3 is 9.80 Å². The smallest absolute Gasteiger partial charge is 0.155 e. The van der Waals surface area contributed by atoms with E-state index in [4.69, 9.17) is 0 Å². The molecule has 3 aromatic carbocycles. The molecule has 33 heavy (non-hydrogen) atoms. The fourth-order valence-electron chi connectivity index (χ4n) is 3.94. The van der Waals surface area contributed by atoms with E-state index in [1.54, 1.807) is 0 Å². The van der Waals surface area contributed by atoms with Crippen molar-refractivity contribution in [1.82, 2.24) is 9.80 Å². The molecule has 0 spiro atoms.